The first-order valence-corrected chi connectivity index (χ1v) is 8.96. The molecule has 0 aliphatic carbocycles. The summed E-state index contributed by atoms with van der Waals surface area (Å²) in [6.07, 6.45) is 1.59. The first-order chi connectivity index (χ1) is 12.0. The molecule has 0 saturated heterocycles. The monoisotopic (exact) mass is 411 g/mol. The summed E-state index contributed by atoms with van der Waals surface area (Å²) in [5.74, 6) is -0.455. The quantitative estimate of drug-likeness (QED) is 0.350. The first kappa shape index (κ1) is 17.9. The van der Waals surface area contributed by atoms with E-state index in [-0.39, 0.29) is 0 Å². The molecule has 2 aromatic heterocycles. The lowest BCUT2D eigenvalue weighted by atomic mass is 10.2. The molecule has 5 nitrogen and oxygen atoms in total. The standard InChI is InChI=1S/C16H11Cl2N3O2S2/c1-23-15(22)13-12(17)9-5-4-8(7-11(9)25-13)20-16(24)21-10-3-2-6-19-14(10)18/h2-7H,1H3,(H2,20,21,24). The zero-order valence-electron chi connectivity index (χ0n) is 12.8. The van der Waals surface area contributed by atoms with Crippen molar-refractivity contribution >= 4 is 79.3 Å². The zero-order valence-corrected chi connectivity index (χ0v) is 15.9. The van der Waals surface area contributed by atoms with Gasteiger partial charge in [-0.2, -0.15) is 0 Å². The Labute approximate surface area is 162 Å². The van der Waals surface area contributed by atoms with Crippen molar-refractivity contribution in [1.82, 2.24) is 4.98 Å². The summed E-state index contributed by atoms with van der Waals surface area (Å²) >= 11 is 18.8. The molecular weight excluding hydrogens is 401 g/mol. The van der Waals surface area contributed by atoms with Gasteiger partial charge in [0.25, 0.3) is 0 Å². The van der Waals surface area contributed by atoms with Crippen LogP contribution in [0.25, 0.3) is 10.1 Å². The summed E-state index contributed by atoms with van der Waals surface area (Å²) in [7, 11) is 1.32. The number of ether oxygens (including phenoxy) is 1. The maximum absolute atomic E-state index is 11.7. The number of carbonyl (C=O) groups excluding carboxylic acids is 1. The van der Waals surface area contributed by atoms with Crippen molar-refractivity contribution in [1.29, 1.82) is 0 Å². The third-order valence-corrected chi connectivity index (χ3v) is 5.41. The van der Waals surface area contributed by atoms with E-state index in [0.29, 0.717) is 25.9 Å². The molecule has 0 aliphatic heterocycles. The van der Waals surface area contributed by atoms with E-state index in [1.54, 1.807) is 18.3 Å². The minimum absolute atomic E-state index is 0.329. The number of anilines is 2. The fourth-order valence-corrected chi connectivity index (χ4v) is 3.99. The molecule has 9 heteroatoms. The second kappa shape index (κ2) is 7.53. The molecule has 0 spiro atoms. The van der Waals surface area contributed by atoms with Crippen LogP contribution in [0.5, 0.6) is 0 Å². The lowest BCUT2D eigenvalue weighted by Crippen LogP contribution is -2.19. The fraction of sp³-hybridized carbons (Fsp3) is 0.0625. The maximum atomic E-state index is 11.7. The lowest BCUT2D eigenvalue weighted by Gasteiger charge is -2.11. The molecule has 0 fully saturated rings. The summed E-state index contributed by atoms with van der Waals surface area (Å²) in [6.45, 7) is 0. The van der Waals surface area contributed by atoms with Gasteiger partial charge in [-0.25, -0.2) is 9.78 Å². The van der Waals surface area contributed by atoms with E-state index in [2.05, 4.69) is 15.6 Å². The van der Waals surface area contributed by atoms with Gasteiger partial charge in [-0.05, 0) is 42.5 Å². The van der Waals surface area contributed by atoms with Crippen LogP contribution in [0.4, 0.5) is 11.4 Å². The molecular formula is C16H11Cl2N3O2S2. The minimum atomic E-state index is -0.455. The third kappa shape index (κ3) is 3.85. The molecule has 1 aromatic carbocycles. The van der Waals surface area contributed by atoms with Gasteiger partial charge in [0, 0.05) is 22.0 Å². The topological polar surface area (TPSA) is 63.2 Å². The zero-order chi connectivity index (χ0) is 18.0. The van der Waals surface area contributed by atoms with E-state index in [1.165, 1.54) is 18.4 Å². The van der Waals surface area contributed by atoms with Crippen molar-refractivity contribution in [3.8, 4) is 0 Å². The van der Waals surface area contributed by atoms with E-state index >= 15 is 0 Å². The first-order valence-electron chi connectivity index (χ1n) is 6.98. The number of thiophene rings is 1. The van der Waals surface area contributed by atoms with Crippen LogP contribution in [0.3, 0.4) is 0 Å². The number of aromatic nitrogens is 1. The Morgan fingerprint density at radius 2 is 2.08 bits per heavy atom. The number of thiocarbonyl (C=S) groups is 1. The third-order valence-electron chi connectivity index (χ3n) is 3.27. The van der Waals surface area contributed by atoms with Gasteiger partial charge in [0.05, 0.1) is 17.8 Å². The van der Waals surface area contributed by atoms with Crippen LogP contribution in [-0.4, -0.2) is 23.2 Å². The van der Waals surface area contributed by atoms with E-state index < -0.39 is 5.97 Å². The van der Waals surface area contributed by atoms with Crippen molar-refractivity contribution in [3.63, 3.8) is 0 Å². The van der Waals surface area contributed by atoms with Gasteiger partial charge in [-0.15, -0.1) is 11.3 Å². The van der Waals surface area contributed by atoms with E-state index in [0.717, 1.165) is 15.8 Å². The van der Waals surface area contributed by atoms with Gasteiger partial charge in [0.2, 0.25) is 0 Å². The molecule has 0 bridgehead atoms. The summed E-state index contributed by atoms with van der Waals surface area (Å²) in [4.78, 5) is 16.1. The number of benzene rings is 1. The van der Waals surface area contributed by atoms with Gasteiger partial charge in [0.15, 0.2) is 10.3 Å². The van der Waals surface area contributed by atoms with Crippen molar-refractivity contribution in [2.24, 2.45) is 0 Å². The van der Waals surface area contributed by atoms with E-state index in [1.807, 2.05) is 18.2 Å². The molecule has 3 aromatic rings. The normalized spacial score (nSPS) is 10.5. The molecule has 25 heavy (non-hydrogen) atoms. The molecule has 0 amide bonds. The Kier molecular flexibility index (Phi) is 5.39. The molecule has 2 N–H and O–H groups in total. The van der Waals surface area contributed by atoms with Gasteiger partial charge >= 0.3 is 5.97 Å². The van der Waals surface area contributed by atoms with Crippen LogP contribution in [-0.2, 0) is 4.74 Å². The number of carbonyl (C=O) groups is 1. The second-order valence-corrected chi connectivity index (χ2v) is 7.07. The average molecular weight is 412 g/mol. The summed E-state index contributed by atoms with van der Waals surface area (Å²) in [5.41, 5.74) is 1.36. The van der Waals surface area contributed by atoms with Gasteiger partial charge < -0.3 is 15.4 Å². The summed E-state index contributed by atoms with van der Waals surface area (Å²) < 4.78 is 5.59. The second-order valence-electron chi connectivity index (χ2n) is 4.87. The summed E-state index contributed by atoms with van der Waals surface area (Å²) in [5, 5.41) is 7.91. The van der Waals surface area contributed by atoms with Crippen molar-refractivity contribution in [2.75, 3.05) is 17.7 Å². The largest absolute Gasteiger partial charge is 0.465 e. The highest BCUT2D eigenvalue weighted by Crippen LogP contribution is 2.37. The maximum Gasteiger partial charge on any atom is 0.349 e. The van der Waals surface area contributed by atoms with Crippen molar-refractivity contribution in [3.05, 3.63) is 51.6 Å². The number of pyridine rings is 1. The molecule has 0 radical (unpaired) electrons. The van der Waals surface area contributed by atoms with Gasteiger partial charge in [-0.1, -0.05) is 23.2 Å². The molecule has 2 heterocycles. The average Bonchev–Trinajstić information content (AvgIpc) is 2.92. The number of nitrogens with one attached hydrogen (secondary N) is 2. The van der Waals surface area contributed by atoms with Crippen LogP contribution < -0.4 is 10.6 Å². The van der Waals surface area contributed by atoms with Crippen LogP contribution >= 0.6 is 46.8 Å². The van der Waals surface area contributed by atoms with E-state index in [4.69, 9.17) is 40.2 Å². The van der Waals surface area contributed by atoms with Crippen LogP contribution in [0.2, 0.25) is 10.2 Å². The molecule has 128 valence electrons. The Morgan fingerprint density at radius 3 is 2.80 bits per heavy atom. The molecule has 0 aliphatic rings. The van der Waals surface area contributed by atoms with Crippen molar-refractivity contribution < 1.29 is 9.53 Å². The van der Waals surface area contributed by atoms with Crippen LogP contribution in [0.15, 0.2) is 36.5 Å². The number of rotatable bonds is 3. The molecule has 0 saturated carbocycles. The number of hydrogen-bond donors (Lipinski definition) is 2. The molecule has 3 rings (SSSR count). The van der Waals surface area contributed by atoms with Gasteiger partial charge in [0.1, 0.15) is 4.88 Å². The SMILES string of the molecule is COC(=O)c1sc2cc(NC(=S)Nc3cccnc3Cl)ccc2c1Cl. The number of hydrogen-bond acceptors (Lipinski definition) is 5. The molecule has 0 unspecified atom stereocenters. The fourth-order valence-electron chi connectivity index (χ4n) is 2.13. The molecule has 0 atom stereocenters. The number of methoxy groups -OCH3 is 1. The number of nitrogens with zero attached hydrogens (tertiary/aromatic N) is 1. The number of halogens is 2. The predicted octanol–water partition coefficient (Wildman–Crippen LogP) is 5.20. The Balaban J connectivity index is 1.81. The highest BCUT2D eigenvalue weighted by Gasteiger charge is 2.17. The number of esters is 1. The number of fused-ring (bicyclic) bond motifs is 1. The smallest absolute Gasteiger partial charge is 0.349 e. The minimum Gasteiger partial charge on any atom is -0.465 e. The van der Waals surface area contributed by atoms with Crippen molar-refractivity contribution in [2.45, 2.75) is 0 Å². The highest BCUT2D eigenvalue weighted by atomic mass is 35.5. The highest BCUT2D eigenvalue weighted by molar-refractivity contribution is 7.80. The van der Waals surface area contributed by atoms with Crippen LogP contribution in [0.1, 0.15) is 9.67 Å². The Hall–Kier alpha value is -1.93. The van der Waals surface area contributed by atoms with Crippen LogP contribution in [0, 0.1) is 0 Å². The predicted molar refractivity (Wildman–Crippen MR) is 107 cm³/mol. The Morgan fingerprint density at radius 1 is 1.28 bits per heavy atom. The Bertz CT molecular complexity index is 975. The lowest BCUT2D eigenvalue weighted by molar-refractivity contribution is 0.0606. The van der Waals surface area contributed by atoms with E-state index in [9.17, 15) is 4.79 Å². The van der Waals surface area contributed by atoms with Gasteiger partial charge in [-0.3, -0.25) is 0 Å². The summed E-state index contributed by atoms with van der Waals surface area (Å²) in [6, 6.07) is 9.03.